The molecule has 0 spiro atoms. The molecule has 0 aliphatic heterocycles. The van der Waals surface area contributed by atoms with Gasteiger partial charge in [0, 0.05) is 11.3 Å². The highest BCUT2D eigenvalue weighted by Crippen LogP contribution is 2.20. The Morgan fingerprint density at radius 3 is 2.54 bits per heavy atom. The molecule has 28 heavy (non-hydrogen) atoms. The largest absolute Gasteiger partial charge is 0.494 e. The molecular formula is C19H25FN3O4S+. The fourth-order valence-electron chi connectivity index (χ4n) is 2.79. The van der Waals surface area contributed by atoms with Gasteiger partial charge in [-0.3, -0.25) is 4.79 Å². The predicted molar refractivity (Wildman–Crippen MR) is 104 cm³/mol. The molecule has 0 fully saturated rings. The Morgan fingerprint density at radius 1 is 1.21 bits per heavy atom. The molecule has 2 aromatic rings. The Balaban J connectivity index is 2.02. The van der Waals surface area contributed by atoms with Crippen molar-refractivity contribution in [1.82, 2.24) is 4.72 Å². The summed E-state index contributed by atoms with van der Waals surface area (Å²) < 4.78 is 45.0. The zero-order chi connectivity index (χ0) is 20.9. The number of carbonyl (C=O) groups excluding carboxylic acids is 1. The normalized spacial score (nSPS) is 12.5. The Labute approximate surface area is 164 Å². The SMILES string of the molecule is CNS(=O)(=O)c1cc(NC(=O)C[NH+](C)Cc2ccc(OC)c(F)c2)ccc1C. The molecule has 0 aliphatic rings. The molecule has 0 aromatic heterocycles. The lowest BCUT2D eigenvalue weighted by Crippen LogP contribution is -3.08. The maximum Gasteiger partial charge on any atom is 0.279 e. The molecule has 2 rings (SSSR count). The molecule has 0 saturated heterocycles. The minimum atomic E-state index is -3.61. The molecule has 2 aromatic carbocycles. The minimum Gasteiger partial charge on any atom is -0.494 e. The van der Waals surface area contributed by atoms with Crippen LogP contribution in [0.3, 0.4) is 0 Å². The number of hydrogen-bond donors (Lipinski definition) is 3. The van der Waals surface area contributed by atoms with Gasteiger partial charge in [0.2, 0.25) is 10.0 Å². The van der Waals surface area contributed by atoms with E-state index in [1.165, 1.54) is 26.3 Å². The standard InChI is InChI=1S/C19H24FN3O4S/c1-13-5-7-15(10-18(13)28(25,26)21-2)22-19(24)12-23(3)11-14-6-8-17(27-4)16(20)9-14/h5-10,21H,11-12H2,1-4H3,(H,22,24)/p+1. The van der Waals surface area contributed by atoms with Gasteiger partial charge in [-0.05, 0) is 49.9 Å². The van der Waals surface area contributed by atoms with Gasteiger partial charge in [-0.1, -0.05) is 6.07 Å². The van der Waals surface area contributed by atoms with Crippen LogP contribution in [-0.2, 0) is 21.4 Å². The lowest BCUT2D eigenvalue weighted by atomic mass is 10.2. The molecule has 0 saturated carbocycles. The number of hydrogen-bond acceptors (Lipinski definition) is 4. The minimum absolute atomic E-state index is 0.113. The van der Waals surface area contributed by atoms with Crippen molar-refractivity contribution in [3.63, 3.8) is 0 Å². The number of benzene rings is 2. The molecule has 1 atom stereocenters. The number of carbonyl (C=O) groups is 1. The van der Waals surface area contributed by atoms with Crippen LogP contribution >= 0.6 is 0 Å². The number of halogens is 1. The smallest absolute Gasteiger partial charge is 0.279 e. The third-order valence-corrected chi connectivity index (χ3v) is 5.77. The van der Waals surface area contributed by atoms with Crippen LogP contribution in [0.15, 0.2) is 41.3 Å². The van der Waals surface area contributed by atoms with Gasteiger partial charge in [-0.25, -0.2) is 17.5 Å². The van der Waals surface area contributed by atoms with E-state index in [-0.39, 0.29) is 23.1 Å². The van der Waals surface area contributed by atoms with Crippen molar-refractivity contribution in [2.45, 2.75) is 18.4 Å². The number of quaternary nitrogens is 1. The van der Waals surface area contributed by atoms with Crippen molar-refractivity contribution < 1.29 is 27.2 Å². The fourth-order valence-corrected chi connectivity index (χ4v) is 3.78. The number of aryl methyl sites for hydroxylation is 1. The second kappa shape index (κ2) is 9.13. The quantitative estimate of drug-likeness (QED) is 0.598. The van der Waals surface area contributed by atoms with Gasteiger partial charge < -0.3 is 15.0 Å². The van der Waals surface area contributed by atoms with E-state index < -0.39 is 15.8 Å². The second-order valence-corrected chi connectivity index (χ2v) is 8.37. The first-order chi connectivity index (χ1) is 13.2. The third-order valence-electron chi connectivity index (χ3n) is 4.21. The van der Waals surface area contributed by atoms with Crippen molar-refractivity contribution in [2.24, 2.45) is 0 Å². The summed E-state index contributed by atoms with van der Waals surface area (Å²) >= 11 is 0. The van der Waals surface area contributed by atoms with E-state index in [1.54, 1.807) is 31.2 Å². The number of methoxy groups -OCH3 is 1. The van der Waals surface area contributed by atoms with E-state index in [4.69, 9.17) is 4.74 Å². The van der Waals surface area contributed by atoms with E-state index >= 15 is 0 Å². The molecule has 3 N–H and O–H groups in total. The van der Waals surface area contributed by atoms with Crippen LogP contribution in [0.2, 0.25) is 0 Å². The van der Waals surface area contributed by atoms with Crippen molar-refractivity contribution >= 4 is 21.6 Å². The fraction of sp³-hybridized carbons (Fsp3) is 0.316. The molecule has 0 bridgehead atoms. The van der Waals surface area contributed by atoms with Crippen LogP contribution in [0.25, 0.3) is 0 Å². The molecule has 0 aliphatic carbocycles. The van der Waals surface area contributed by atoms with Crippen LogP contribution in [0, 0.1) is 12.7 Å². The van der Waals surface area contributed by atoms with E-state index in [1.807, 2.05) is 7.05 Å². The van der Waals surface area contributed by atoms with E-state index in [9.17, 15) is 17.6 Å². The van der Waals surface area contributed by atoms with Crippen molar-refractivity contribution in [3.05, 3.63) is 53.3 Å². The highest BCUT2D eigenvalue weighted by atomic mass is 32.2. The predicted octanol–water partition coefficient (Wildman–Crippen LogP) is 0.704. The maximum absolute atomic E-state index is 13.8. The number of sulfonamides is 1. The van der Waals surface area contributed by atoms with Gasteiger partial charge >= 0.3 is 0 Å². The Kier molecular flexibility index (Phi) is 7.11. The first-order valence-corrected chi connectivity index (χ1v) is 10.1. The number of nitrogens with one attached hydrogen (secondary N) is 3. The summed E-state index contributed by atoms with van der Waals surface area (Å²) in [5, 5.41) is 2.71. The summed E-state index contributed by atoms with van der Waals surface area (Å²) in [4.78, 5) is 13.3. The highest BCUT2D eigenvalue weighted by Gasteiger charge is 2.17. The zero-order valence-corrected chi connectivity index (χ0v) is 17.1. The average molecular weight is 410 g/mol. The Bertz CT molecular complexity index is 964. The molecule has 152 valence electrons. The van der Waals surface area contributed by atoms with E-state index in [0.717, 1.165) is 10.5 Å². The number of anilines is 1. The van der Waals surface area contributed by atoms with Gasteiger partial charge in [-0.15, -0.1) is 0 Å². The molecule has 1 amide bonds. The van der Waals surface area contributed by atoms with Crippen molar-refractivity contribution in [1.29, 1.82) is 0 Å². The van der Waals surface area contributed by atoms with E-state index in [0.29, 0.717) is 17.8 Å². The lowest BCUT2D eigenvalue weighted by molar-refractivity contribution is -0.885. The molecular weight excluding hydrogens is 385 g/mol. The summed E-state index contributed by atoms with van der Waals surface area (Å²) in [5.41, 5.74) is 1.71. The monoisotopic (exact) mass is 410 g/mol. The van der Waals surface area contributed by atoms with Crippen molar-refractivity contribution in [3.8, 4) is 5.75 Å². The first kappa shape index (κ1) is 21.8. The van der Waals surface area contributed by atoms with Crippen LogP contribution in [0.1, 0.15) is 11.1 Å². The van der Waals surface area contributed by atoms with E-state index in [2.05, 4.69) is 10.0 Å². The average Bonchev–Trinajstić information content (AvgIpc) is 2.63. The van der Waals surface area contributed by atoms with Crippen LogP contribution in [-0.4, -0.2) is 42.1 Å². The number of amides is 1. The summed E-state index contributed by atoms with van der Waals surface area (Å²) in [6, 6.07) is 9.39. The molecule has 9 heteroatoms. The number of rotatable bonds is 8. The lowest BCUT2D eigenvalue weighted by Gasteiger charge is -2.15. The summed E-state index contributed by atoms with van der Waals surface area (Å²) in [5.74, 6) is -0.552. The van der Waals surface area contributed by atoms with Crippen LogP contribution in [0.5, 0.6) is 5.75 Å². The zero-order valence-electron chi connectivity index (χ0n) is 16.3. The van der Waals surface area contributed by atoms with Gasteiger partial charge in [0.1, 0.15) is 6.54 Å². The molecule has 0 heterocycles. The van der Waals surface area contributed by atoms with Crippen molar-refractivity contribution in [2.75, 3.05) is 33.1 Å². The highest BCUT2D eigenvalue weighted by molar-refractivity contribution is 7.89. The number of ether oxygens (including phenoxy) is 1. The van der Waals surface area contributed by atoms with Crippen LogP contribution in [0.4, 0.5) is 10.1 Å². The van der Waals surface area contributed by atoms with Gasteiger partial charge in [-0.2, -0.15) is 0 Å². The van der Waals surface area contributed by atoms with Crippen LogP contribution < -0.4 is 19.7 Å². The molecule has 1 unspecified atom stereocenters. The summed E-state index contributed by atoms with van der Waals surface area (Å²) in [6.07, 6.45) is 0. The van der Waals surface area contributed by atoms with Gasteiger partial charge in [0.15, 0.2) is 18.1 Å². The number of likely N-dealkylation sites (N-methyl/N-ethyl adjacent to an activating group) is 1. The van der Waals surface area contributed by atoms with Gasteiger partial charge in [0.25, 0.3) is 5.91 Å². The topological polar surface area (TPSA) is 88.9 Å². The molecule has 7 nitrogen and oxygen atoms in total. The Hall–Kier alpha value is -2.49. The van der Waals surface area contributed by atoms with Gasteiger partial charge in [0.05, 0.1) is 19.1 Å². The third kappa shape index (κ3) is 5.51. The first-order valence-electron chi connectivity index (χ1n) is 8.64. The summed E-state index contributed by atoms with van der Waals surface area (Å²) in [6.45, 7) is 2.26. The maximum atomic E-state index is 13.8. The Morgan fingerprint density at radius 2 is 1.93 bits per heavy atom. The summed E-state index contributed by atoms with van der Waals surface area (Å²) in [7, 11) is 0.935. The molecule has 0 radical (unpaired) electrons. The second-order valence-electron chi connectivity index (χ2n) is 6.52.